The number of aliphatic hydroxyl groups excluding tert-OH is 1. The van der Waals surface area contributed by atoms with E-state index in [1.54, 1.807) is 6.20 Å². The molecule has 1 aromatic carbocycles. The molecule has 20 heavy (non-hydrogen) atoms. The fraction of sp³-hybridized carbons (Fsp3) is 0.200. The molecule has 0 radical (unpaired) electrons. The maximum Gasteiger partial charge on any atom is 0.159 e. The molecule has 0 spiro atoms. The van der Waals surface area contributed by atoms with E-state index in [2.05, 4.69) is 15.3 Å². The van der Waals surface area contributed by atoms with E-state index in [0.717, 1.165) is 28.2 Å². The minimum Gasteiger partial charge on any atom is -0.395 e. The summed E-state index contributed by atoms with van der Waals surface area (Å²) < 4.78 is 1.99. The number of anilines is 1. The number of hydrogen-bond donors (Lipinski definition) is 2. The molecule has 2 heterocycles. The van der Waals surface area contributed by atoms with Crippen LogP contribution in [-0.2, 0) is 7.05 Å². The van der Waals surface area contributed by atoms with Gasteiger partial charge in [-0.1, -0.05) is 0 Å². The van der Waals surface area contributed by atoms with Gasteiger partial charge < -0.3 is 15.0 Å². The van der Waals surface area contributed by atoms with Crippen LogP contribution in [0.25, 0.3) is 22.6 Å². The molecular formula is C15H16N4O. The van der Waals surface area contributed by atoms with Crippen LogP contribution in [0, 0.1) is 0 Å². The Morgan fingerprint density at radius 2 is 2.00 bits per heavy atom. The quantitative estimate of drug-likeness (QED) is 0.760. The number of nitrogens with zero attached hydrogens (tertiary/aromatic N) is 3. The largest absolute Gasteiger partial charge is 0.395 e. The van der Waals surface area contributed by atoms with Gasteiger partial charge in [0, 0.05) is 31.0 Å². The van der Waals surface area contributed by atoms with Gasteiger partial charge in [0.25, 0.3) is 0 Å². The molecule has 0 saturated carbocycles. The Bertz CT molecular complexity index is 718. The number of aromatic nitrogens is 3. The van der Waals surface area contributed by atoms with E-state index >= 15 is 0 Å². The maximum absolute atomic E-state index is 8.79. The van der Waals surface area contributed by atoms with Crippen molar-refractivity contribution in [1.82, 2.24) is 14.5 Å². The first-order valence-electron chi connectivity index (χ1n) is 6.52. The number of hydrogen-bond acceptors (Lipinski definition) is 4. The minimum atomic E-state index is 0.123. The second kappa shape index (κ2) is 5.30. The Hall–Kier alpha value is -2.40. The molecule has 3 rings (SSSR count). The number of fused-ring (bicyclic) bond motifs is 1. The molecule has 2 N–H and O–H groups in total. The molecule has 5 heteroatoms. The third kappa shape index (κ3) is 2.23. The molecule has 5 nitrogen and oxygen atoms in total. The third-order valence-electron chi connectivity index (χ3n) is 3.21. The van der Waals surface area contributed by atoms with Gasteiger partial charge in [-0.25, -0.2) is 9.97 Å². The van der Waals surface area contributed by atoms with E-state index in [-0.39, 0.29) is 6.61 Å². The van der Waals surface area contributed by atoms with E-state index in [4.69, 9.17) is 5.11 Å². The maximum atomic E-state index is 8.79. The SMILES string of the molecule is Cn1c(-c2ccc(NCCO)cc2)nc2cccnc21. The Morgan fingerprint density at radius 1 is 1.20 bits per heavy atom. The van der Waals surface area contributed by atoms with Crippen molar-refractivity contribution in [3.8, 4) is 11.4 Å². The van der Waals surface area contributed by atoms with Gasteiger partial charge in [0.2, 0.25) is 0 Å². The lowest BCUT2D eigenvalue weighted by atomic mass is 10.2. The van der Waals surface area contributed by atoms with Crippen LogP contribution in [0.2, 0.25) is 0 Å². The second-order valence-electron chi connectivity index (χ2n) is 4.57. The van der Waals surface area contributed by atoms with Gasteiger partial charge in [-0.05, 0) is 36.4 Å². The molecule has 2 aromatic heterocycles. The summed E-state index contributed by atoms with van der Waals surface area (Å²) in [6.07, 6.45) is 1.77. The van der Waals surface area contributed by atoms with Crippen molar-refractivity contribution in [3.05, 3.63) is 42.6 Å². The molecular weight excluding hydrogens is 252 g/mol. The first kappa shape index (κ1) is 12.6. The van der Waals surface area contributed by atoms with Crippen molar-refractivity contribution < 1.29 is 5.11 Å². The number of rotatable bonds is 4. The Morgan fingerprint density at radius 3 is 2.70 bits per heavy atom. The lowest BCUT2D eigenvalue weighted by Crippen LogP contribution is -2.05. The van der Waals surface area contributed by atoms with Crippen molar-refractivity contribution >= 4 is 16.9 Å². The lowest BCUT2D eigenvalue weighted by molar-refractivity contribution is 0.311. The van der Waals surface area contributed by atoms with Crippen molar-refractivity contribution in [3.63, 3.8) is 0 Å². The molecule has 0 aliphatic carbocycles. The van der Waals surface area contributed by atoms with Gasteiger partial charge in [-0.3, -0.25) is 0 Å². The highest BCUT2D eigenvalue weighted by atomic mass is 16.3. The number of nitrogens with one attached hydrogen (secondary N) is 1. The van der Waals surface area contributed by atoms with E-state index in [0.29, 0.717) is 6.54 Å². The fourth-order valence-corrected chi connectivity index (χ4v) is 2.22. The van der Waals surface area contributed by atoms with E-state index < -0.39 is 0 Å². The highest BCUT2D eigenvalue weighted by molar-refractivity contribution is 5.77. The molecule has 0 amide bonds. The smallest absolute Gasteiger partial charge is 0.159 e. The normalized spacial score (nSPS) is 10.9. The molecule has 3 aromatic rings. The topological polar surface area (TPSA) is 63.0 Å². The van der Waals surface area contributed by atoms with Crippen LogP contribution in [0.5, 0.6) is 0 Å². The molecule has 0 bridgehead atoms. The number of aryl methyl sites for hydroxylation is 1. The second-order valence-corrected chi connectivity index (χ2v) is 4.57. The molecule has 0 atom stereocenters. The van der Waals surface area contributed by atoms with Crippen LogP contribution in [0.1, 0.15) is 0 Å². The lowest BCUT2D eigenvalue weighted by Gasteiger charge is -2.06. The zero-order chi connectivity index (χ0) is 13.9. The van der Waals surface area contributed by atoms with Crippen molar-refractivity contribution in [2.75, 3.05) is 18.5 Å². The van der Waals surface area contributed by atoms with Crippen LogP contribution in [0.4, 0.5) is 5.69 Å². The van der Waals surface area contributed by atoms with Crippen molar-refractivity contribution in [1.29, 1.82) is 0 Å². The van der Waals surface area contributed by atoms with Crippen molar-refractivity contribution in [2.45, 2.75) is 0 Å². The van der Waals surface area contributed by atoms with Gasteiger partial charge in [-0.15, -0.1) is 0 Å². The summed E-state index contributed by atoms with van der Waals surface area (Å²) in [6.45, 7) is 0.674. The molecule has 0 aliphatic heterocycles. The zero-order valence-electron chi connectivity index (χ0n) is 11.2. The highest BCUT2D eigenvalue weighted by Crippen LogP contribution is 2.23. The summed E-state index contributed by atoms with van der Waals surface area (Å²) in [4.78, 5) is 8.96. The summed E-state index contributed by atoms with van der Waals surface area (Å²) in [5.74, 6) is 0.896. The highest BCUT2D eigenvalue weighted by Gasteiger charge is 2.09. The van der Waals surface area contributed by atoms with Gasteiger partial charge >= 0.3 is 0 Å². The number of imidazole rings is 1. The van der Waals surface area contributed by atoms with Gasteiger partial charge in [0.1, 0.15) is 11.3 Å². The summed E-state index contributed by atoms with van der Waals surface area (Å²) in [6, 6.07) is 11.8. The summed E-state index contributed by atoms with van der Waals surface area (Å²) in [5, 5.41) is 11.9. The average molecular weight is 268 g/mol. The molecule has 0 saturated heterocycles. The third-order valence-corrected chi connectivity index (χ3v) is 3.21. The van der Waals surface area contributed by atoms with Crippen LogP contribution < -0.4 is 5.32 Å². The van der Waals surface area contributed by atoms with Crippen LogP contribution in [0.15, 0.2) is 42.6 Å². The molecule has 0 aliphatic rings. The van der Waals surface area contributed by atoms with E-state index in [1.165, 1.54) is 0 Å². The fourth-order valence-electron chi connectivity index (χ4n) is 2.22. The number of pyridine rings is 1. The number of benzene rings is 1. The minimum absolute atomic E-state index is 0.123. The zero-order valence-corrected chi connectivity index (χ0v) is 11.2. The first-order chi connectivity index (χ1) is 9.79. The van der Waals surface area contributed by atoms with E-state index in [9.17, 15) is 0 Å². The summed E-state index contributed by atoms with van der Waals surface area (Å²) in [5.41, 5.74) is 3.80. The Kier molecular flexibility index (Phi) is 3.35. The molecule has 0 fully saturated rings. The van der Waals surface area contributed by atoms with Gasteiger partial charge in [0.15, 0.2) is 5.65 Å². The predicted octanol–water partition coefficient (Wildman–Crippen LogP) is 2.04. The van der Waals surface area contributed by atoms with Crippen LogP contribution in [-0.4, -0.2) is 32.8 Å². The first-order valence-corrected chi connectivity index (χ1v) is 6.52. The van der Waals surface area contributed by atoms with Crippen molar-refractivity contribution in [2.24, 2.45) is 7.05 Å². The monoisotopic (exact) mass is 268 g/mol. The molecule has 0 unspecified atom stereocenters. The Labute approximate surface area is 116 Å². The predicted molar refractivity (Wildman–Crippen MR) is 79.5 cm³/mol. The van der Waals surface area contributed by atoms with Gasteiger partial charge in [-0.2, -0.15) is 0 Å². The summed E-state index contributed by atoms with van der Waals surface area (Å²) in [7, 11) is 1.97. The van der Waals surface area contributed by atoms with Crippen LogP contribution >= 0.6 is 0 Å². The Balaban J connectivity index is 1.96. The average Bonchev–Trinajstić information content (AvgIpc) is 2.83. The standard InChI is InChI=1S/C15H16N4O/c1-19-14(18-13-3-2-8-17-15(13)19)11-4-6-12(7-5-11)16-9-10-20/h2-8,16,20H,9-10H2,1H3. The summed E-state index contributed by atoms with van der Waals surface area (Å²) >= 11 is 0. The van der Waals surface area contributed by atoms with Gasteiger partial charge in [0.05, 0.1) is 6.61 Å². The number of aliphatic hydroxyl groups is 1. The van der Waals surface area contributed by atoms with Crippen LogP contribution in [0.3, 0.4) is 0 Å². The molecule has 102 valence electrons. The van der Waals surface area contributed by atoms with E-state index in [1.807, 2.05) is 48.0 Å².